The van der Waals surface area contributed by atoms with E-state index in [9.17, 15) is 0 Å². The summed E-state index contributed by atoms with van der Waals surface area (Å²) in [6.07, 6.45) is 0.860. The molecule has 2 rings (SSSR count). The van der Waals surface area contributed by atoms with Gasteiger partial charge in [0.05, 0.1) is 9.26 Å². The summed E-state index contributed by atoms with van der Waals surface area (Å²) in [5.41, 5.74) is 4.47. The van der Waals surface area contributed by atoms with E-state index in [-0.39, 0.29) is 0 Å². The minimum absolute atomic E-state index is 0.539. The zero-order valence-corrected chi connectivity index (χ0v) is 13.5. The summed E-state index contributed by atoms with van der Waals surface area (Å²) in [6, 6.07) is 6.27. The minimum atomic E-state index is 0.539. The second kappa shape index (κ2) is 5.53. The number of benzene rings is 1. The van der Waals surface area contributed by atoms with Crippen LogP contribution in [-0.2, 0) is 6.42 Å². The van der Waals surface area contributed by atoms with Gasteiger partial charge in [-0.1, -0.05) is 42.3 Å². The van der Waals surface area contributed by atoms with Gasteiger partial charge >= 0.3 is 0 Å². The predicted molar refractivity (Wildman–Crippen MR) is 84.0 cm³/mol. The Balaban J connectivity index is 2.60. The normalized spacial score (nSPS) is 10.7. The molecule has 0 N–H and O–H groups in total. The largest absolute Gasteiger partial charge is 0.232 e. The molecule has 2 aromatic rings. The molecule has 0 radical (unpaired) electrons. The molecule has 0 saturated heterocycles. The summed E-state index contributed by atoms with van der Waals surface area (Å²) in [4.78, 5) is 9.00. The maximum atomic E-state index is 6.17. The molecule has 1 aromatic carbocycles. The molecule has 0 bridgehead atoms. The fraction of sp³-hybridized carbons (Fsp3) is 0.286. The van der Waals surface area contributed by atoms with Crippen molar-refractivity contribution in [1.82, 2.24) is 9.97 Å². The summed E-state index contributed by atoms with van der Waals surface area (Å²) in [5.74, 6) is 0.717. The van der Waals surface area contributed by atoms with Crippen LogP contribution in [0.15, 0.2) is 18.2 Å². The Morgan fingerprint density at radius 3 is 2.56 bits per heavy atom. The molecule has 1 heterocycles. The van der Waals surface area contributed by atoms with Crippen molar-refractivity contribution in [2.75, 3.05) is 0 Å². The van der Waals surface area contributed by atoms with E-state index < -0.39 is 0 Å². The number of hydrogen-bond donors (Lipinski definition) is 0. The molecule has 0 unspecified atom stereocenters. The van der Waals surface area contributed by atoms with Gasteiger partial charge in [-0.25, -0.2) is 9.97 Å². The van der Waals surface area contributed by atoms with Gasteiger partial charge in [-0.2, -0.15) is 0 Å². The zero-order chi connectivity index (χ0) is 13.3. The van der Waals surface area contributed by atoms with Crippen molar-refractivity contribution in [3.63, 3.8) is 0 Å². The van der Waals surface area contributed by atoms with Gasteiger partial charge in [0.1, 0.15) is 5.15 Å². The van der Waals surface area contributed by atoms with Crippen molar-refractivity contribution >= 4 is 34.2 Å². The Morgan fingerprint density at radius 2 is 1.94 bits per heavy atom. The first-order valence-electron chi connectivity index (χ1n) is 5.82. The van der Waals surface area contributed by atoms with Crippen molar-refractivity contribution in [2.45, 2.75) is 27.2 Å². The number of rotatable bonds is 2. The Hall–Kier alpha value is -0.680. The number of hydrogen-bond acceptors (Lipinski definition) is 2. The van der Waals surface area contributed by atoms with E-state index in [1.54, 1.807) is 0 Å². The Bertz CT molecular complexity index is 597. The Labute approximate surface area is 126 Å². The van der Waals surface area contributed by atoms with Gasteiger partial charge in [-0.05, 0) is 48.4 Å². The van der Waals surface area contributed by atoms with E-state index in [0.29, 0.717) is 5.15 Å². The summed E-state index contributed by atoms with van der Waals surface area (Å²) in [7, 11) is 0. The van der Waals surface area contributed by atoms with E-state index in [4.69, 9.17) is 11.6 Å². The third-order valence-electron chi connectivity index (χ3n) is 2.84. The summed E-state index contributed by atoms with van der Waals surface area (Å²) < 4.78 is 0.949. The molecule has 1 aromatic heterocycles. The SMILES string of the molecule is CCc1nc(-c2ccc(C)cc2C)nc(Cl)c1I. The minimum Gasteiger partial charge on any atom is -0.232 e. The van der Waals surface area contributed by atoms with Crippen molar-refractivity contribution in [3.05, 3.63) is 43.7 Å². The molecule has 0 saturated carbocycles. The highest BCUT2D eigenvalue weighted by Crippen LogP contribution is 2.26. The number of aromatic nitrogens is 2. The van der Waals surface area contributed by atoms with Gasteiger partial charge in [0, 0.05) is 5.56 Å². The second-order valence-corrected chi connectivity index (χ2v) is 5.71. The first-order chi connectivity index (χ1) is 8.52. The standard InChI is InChI=1S/C14H14ClIN2/c1-4-11-12(16)13(15)18-14(17-11)10-6-5-8(2)7-9(10)3/h5-7H,4H2,1-3H3. The molecular weight excluding hydrogens is 359 g/mol. The van der Waals surface area contributed by atoms with Crippen LogP contribution in [0.25, 0.3) is 11.4 Å². The lowest BCUT2D eigenvalue weighted by molar-refractivity contribution is 0.988. The quantitative estimate of drug-likeness (QED) is 0.569. The van der Waals surface area contributed by atoms with E-state index in [2.05, 4.69) is 71.5 Å². The van der Waals surface area contributed by atoms with Crippen molar-refractivity contribution in [1.29, 1.82) is 0 Å². The van der Waals surface area contributed by atoms with Crippen LogP contribution in [0.1, 0.15) is 23.7 Å². The average molecular weight is 373 g/mol. The topological polar surface area (TPSA) is 25.8 Å². The molecule has 0 fully saturated rings. The fourth-order valence-electron chi connectivity index (χ4n) is 1.88. The highest BCUT2D eigenvalue weighted by molar-refractivity contribution is 14.1. The van der Waals surface area contributed by atoms with Crippen LogP contribution >= 0.6 is 34.2 Å². The number of aryl methyl sites for hydroxylation is 3. The maximum absolute atomic E-state index is 6.17. The molecule has 2 nitrogen and oxygen atoms in total. The van der Waals surface area contributed by atoms with Crippen molar-refractivity contribution in [2.24, 2.45) is 0 Å². The van der Waals surface area contributed by atoms with E-state index >= 15 is 0 Å². The Morgan fingerprint density at radius 1 is 1.22 bits per heavy atom. The van der Waals surface area contributed by atoms with Crippen molar-refractivity contribution < 1.29 is 0 Å². The summed E-state index contributed by atoms with van der Waals surface area (Å²) in [6.45, 7) is 6.23. The van der Waals surface area contributed by atoms with Gasteiger partial charge in [0.2, 0.25) is 0 Å². The van der Waals surface area contributed by atoms with Crippen LogP contribution in [0.3, 0.4) is 0 Å². The Kier molecular flexibility index (Phi) is 4.22. The van der Waals surface area contributed by atoms with Crippen molar-refractivity contribution in [3.8, 4) is 11.4 Å². The highest BCUT2D eigenvalue weighted by Gasteiger charge is 2.12. The predicted octanol–water partition coefficient (Wildman–Crippen LogP) is 4.58. The second-order valence-electron chi connectivity index (χ2n) is 4.27. The molecule has 18 heavy (non-hydrogen) atoms. The van der Waals surface area contributed by atoms with E-state index in [1.807, 2.05) is 0 Å². The van der Waals surface area contributed by atoms with Gasteiger partial charge in [0.15, 0.2) is 5.82 Å². The number of halogens is 2. The van der Waals surface area contributed by atoms with Crippen LogP contribution in [0, 0.1) is 17.4 Å². The molecule has 0 spiro atoms. The molecule has 0 atom stereocenters. The van der Waals surface area contributed by atoms with Crippen LogP contribution in [0.4, 0.5) is 0 Å². The van der Waals surface area contributed by atoms with Crippen LogP contribution in [-0.4, -0.2) is 9.97 Å². The first kappa shape index (κ1) is 13.7. The first-order valence-corrected chi connectivity index (χ1v) is 7.28. The lowest BCUT2D eigenvalue weighted by atomic mass is 10.1. The zero-order valence-electron chi connectivity index (χ0n) is 10.6. The van der Waals surface area contributed by atoms with E-state index in [1.165, 1.54) is 11.1 Å². The third kappa shape index (κ3) is 2.67. The lowest BCUT2D eigenvalue weighted by Gasteiger charge is -2.09. The van der Waals surface area contributed by atoms with Gasteiger partial charge < -0.3 is 0 Å². The molecular formula is C14H14ClIN2. The van der Waals surface area contributed by atoms with Gasteiger partial charge in [-0.3, -0.25) is 0 Å². The number of nitrogens with zero attached hydrogens (tertiary/aromatic N) is 2. The molecule has 4 heteroatoms. The molecule has 0 aliphatic carbocycles. The van der Waals surface area contributed by atoms with Gasteiger partial charge in [-0.15, -0.1) is 0 Å². The summed E-state index contributed by atoms with van der Waals surface area (Å²) in [5, 5.41) is 0.539. The maximum Gasteiger partial charge on any atom is 0.161 e. The highest BCUT2D eigenvalue weighted by atomic mass is 127. The molecule has 94 valence electrons. The van der Waals surface area contributed by atoms with E-state index in [0.717, 1.165) is 27.1 Å². The van der Waals surface area contributed by atoms with Crippen LogP contribution < -0.4 is 0 Å². The lowest BCUT2D eigenvalue weighted by Crippen LogP contribution is -2.00. The fourth-order valence-corrected chi connectivity index (χ4v) is 2.69. The smallest absolute Gasteiger partial charge is 0.161 e. The summed E-state index contributed by atoms with van der Waals surface area (Å²) >= 11 is 8.37. The van der Waals surface area contributed by atoms with Crippen LogP contribution in [0.2, 0.25) is 5.15 Å². The molecule has 0 aliphatic rings. The van der Waals surface area contributed by atoms with Crippen LogP contribution in [0.5, 0.6) is 0 Å². The average Bonchev–Trinajstić information content (AvgIpc) is 2.32. The van der Waals surface area contributed by atoms with Gasteiger partial charge in [0.25, 0.3) is 0 Å². The molecule has 0 aliphatic heterocycles. The third-order valence-corrected chi connectivity index (χ3v) is 4.56. The monoisotopic (exact) mass is 372 g/mol. The molecule has 0 amide bonds.